The molecule has 25 heavy (non-hydrogen) atoms. The van der Waals surface area contributed by atoms with E-state index in [0.29, 0.717) is 16.5 Å². The maximum absolute atomic E-state index is 12.2. The third-order valence-electron chi connectivity index (χ3n) is 3.36. The summed E-state index contributed by atoms with van der Waals surface area (Å²) in [6.45, 7) is 0.0799. The average Bonchev–Trinajstić information content (AvgIpc) is 3.11. The molecule has 2 heterocycles. The van der Waals surface area contributed by atoms with Crippen molar-refractivity contribution in [3.05, 3.63) is 70.2 Å². The first-order valence-corrected chi connectivity index (χ1v) is 9.19. The van der Waals surface area contributed by atoms with Crippen LogP contribution in [0.2, 0.25) is 5.02 Å². The molecule has 0 radical (unpaired) electrons. The van der Waals surface area contributed by atoms with E-state index in [0.717, 1.165) is 0 Å². The van der Waals surface area contributed by atoms with Gasteiger partial charge in [-0.1, -0.05) is 17.7 Å². The third kappa shape index (κ3) is 4.16. The molecule has 0 aliphatic rings. The highest BCUT2D eigenvalue weighted by atomic mass is 35.5. The van der Waals surface area contributed by atoms with Crippen molar-refractivity contribution < 1.29 is 12.8 Å². The third-order valence-corrected chi connectivity index (χ3v) is 5.06. The van der Waals surface area contributed by atoms with Crippen LogP contribution in [0.1, 0.15) is 0 Å². The molecule has 130 valence electrons. The monoisotopic (exact) mass is 379 g/mol. The molecule has 0 saturated heterocycles. The Balaban J connectivity index is 1.72. The summed E-state index contributed by atoms with van der Waals surface area (Å²) in [4.78, 5) is 11.9. The number of rotatable bonds is 6. The van der Waals surface area contributed by atoms with E-state index in [1.54, 1.807) is 30.3 Å². The number of nitrogens with one attached hydrogen (secondary N) is 1. The fourth-order valence-corrected chi connectivity index (χ4v) is 3.49. The Morgan fingerprint density at radius 3 is 2.72 bits per heavy atom. The molecule has 1 aromatic carbocycles. The second-order valence-electron chi connectivity index (χ2n) is 5.11. The van der Waals surface area contributed by atoms with Gasteiger partial charge in [0.15, 0.2) is 5.76 Å². The van der Waals surface area contributed by atoms with E-state index < -0.39 is 10.0 Å². The molecule has 0 bridgehead atoms. The second-order valence-corrected chi connectivity index (χ2v) is 7.32. The molecule has 9 heteroatoms. The van der Waals surface area contributed by atoms with E-state index in [2.05, 4.69) is 9.82 Å². The summed E-state index contributed by atoms with van der Waals surface area (Å²) in [6, 6.07) is 12.3. The Bertz CT molecular complexity index is 1030. The van der Waals surface area contributed by atoms with Gasteiger partial charge < -0.3 is 4.42 Å². The zero-order valence-electron chi connectivity index (χ0n) is 12.9. The molecule has 3 aromatic rings. The van der Waals surface area contributed by atoms with Crippen molar-refractivity contribution in [2.75, 3.05) is 6.54 Å². The molecule has 0 spiro atoms. The first-order chi connectivity index (χ1) is 12.0. The SMILES string of the molecule is O=c1ccc(-c2ccco2)nn1CCNS(=O)(=O)c1cccc(Cl)c1. The van der Waals surface area contributed by atoms with E-state index in [-0.39, 0.29) is 23.5 Å². The Labute approximate surface area is 148 Å². The molecule has 0 unspecified atom stereocenters. The molecule has 3 rings (SSSR count). The minimum absolute atomic E-state index is 0.00333. The number of benzene rings is 1. The van der Waals surface area contributed by atoms with Gasteiger partial charge in [-0.15, -0.1) is 0 Å². The zero-order valence-corrected chi connectivity index (χ0v) is 14.5. The predicted octanol–water partition coefficient (Wildman–Crippen LogP) is 2.14. The van der Waals surface area contributed by atoms with Crippen molar-refractivity contribution in [3.63, 3.8) is 0 Å². The Morgan fingerprint density at radius 2 is 2.00 bits per heavy atom. The van der Waals surface area contributed by atoms with Crippen LogP contribution in [0.15, 0.2) is 68.9 Å². The summed E-state index contributed by atoms with van der Waals surface area (Å²) in [5.41, 5.74) is 0.152. The standard InChI is InChI=1S/C16H14ClN3O4S/c17-12-3-1-4-13(11-12)25(22,23)18-8-9-20-16(21)7-6-14(19-20)15-5-2-10-24-15/h1-7,10-11,18H,8-9H2. The van der Waals surface area contributed by atoms with Crippen LogP contribution < -0.4 is 10.3 Å². The first-order valence-electron chi connectivity index (χ1n) is 7.33. The largest absolute Gasteiger partial charge is 0.463 e. The highest BCUT2D eigenvalue weighted by molar-refractivity contribution is 7.89. The average molecular weight is 380 g/mol. The van der Waals surface area contributed by atoms with Gasteiger partial charge in [-0.2, -0.15) is 5.10 Å². The molecule has 2 aromatic heterocycles. The molecular weight excluding hydrogens is 366 g/mol. The van der Waals surface area contributed by atoms with Gasteiger partial charge in [0.05, 0.1) is 17.7 Å². The number of hydrogen-bond donors (Lipinski definition) is 1. The summed E-state index contributed by atoms with van der Waals surface area (Å²) in [5.74, 6) is 0.522. The summed E-state index contributed by atoms with van der Waals surface area (Å²) >= 11 is 5.81. The number of sulfonamides is 1. The smallest absolute Gasteiger partial charge is 0.266 e. The number of nitrogens with zero attached hydrogens (tertiary/aromatic N) is 2. The molecule has 0 aliphatic heterocycles. The molecular formula is C16H14ClN3O4S. The fraction of sp³-hybridized carbons (Fsp3) is 0.125. The lowest BCUT2D eigenvalue weighted by molar-refractivity contribution is 0.539. The summed E-state index contributed by atoms with van der Waals surface area (Å²) in [6.07, 6.45) is 1.51. The number of furan rings is 1. The van der Waals surface area contributed by atoms with Gasteiger partial charge >= 0.3 is 0 Å². The topological polar surface area (TPSA) is 94.2 Å². The van der Waals surface area contributed by atoms with Gasteiger partial charge in [-0.05, 0) is 36.4 Å². The van der Waals surface area contributed by atoms with Gasteiger partial charge in [-0.25, -0.2) is 17.8 Å². The van der Waals surface area contributed by atoms with Crippen LogP contribution in [0.4, 0.5) is 0 Å². The predicted molar refractivity (Wildman–Crippen MR) is 92.8 cm³/mol. The number of halogens is 1. The van der Waals surface area contributed by atoms with Crippen molar-refractivity contribution in [2.45, 2.75) is 11.4 Å². The lowest BCUT2D eigenvalue weighted by Crippen LogP contribution is -2.32. The molecule has 0 saturated carbocycles. The van der Waals surface area contributed by atoms with Crippen molar-refractivity contribution >= 4 is 21.6 Å². The van der Waals surface area contributed by atoms with Crippen molar-refractivity contribution in [2.24, 2.45) is 0 Å². The summed E-state index contributed by atoms with van der Waals surface area (Å²) in [5, 5.41) is 4.50. The van der Waals surface area contributed by atoms with Gasteiger partial charge in [0.2, 0.25) is 10.0 Å². The Morgan fingerprint density at radius 1 is 1.16 bits per heavy atom. The number of hydrogen-bond acceptors (Lipinski definition) is 5. The Kier molecular flexibility index (Phi) is 5.03. The van der Waals surface area contributed by atoms with Crippen molar-refractivity contribution in [1.82, 2.24) is 14.5 Å². The van der Waals surface area contributed by atoms with E-state index in [1.807, 2.05) is 0 Å². The van der Waals surface area contributed by atoms with Crippen LogP contribution in [-0.4, -0.2) is 24.7 Å². The van der Waals surface area contributed by atoms with Gasteiger partial charge in [-0.3, -0.25) is 4.79 Å². The van der Waals surface area contributed by atoms with Crippen LogP contribution in [0.5, 0.6) is 0 Å². The highest BCUT2D eigenvalue weighted by Gasteiger charge is 2.14. The summed E-state index contributed by atoms with van der Waals surface area (Å²) in [7, 11) is -3.72. The van der Waals surface area contributed by atoms with Crippen LogP contribution in [0.3, 0.4) is 0 Å². The van der Waals surface area contributed by atoms with Crippen molar-refractivity contribution in [1.29, 1.82) is 0 Å². The van der Waals surface area contributed by atoms with Crippen LogP contribution in [0.25, 0.3) is 11.5 Å². The van der Waals surface area contributed by atoms with Gasteiger partial charge in [0.25, 0.3) is 5.56 Å². The zero-order chi connectivity index (χ0) is 17.9. The van der Waals surface area contributed by atoms with E-state index in [9.17, 15) is 13.2 Å². The molecule has 7 nitrogen and oxygen atoms in total. The lowest BCUT2D eigenvalue weighted by atomic mass is 10.3. The molecule has 0 atom stereocenters. The summed E-state index contributed by atoms with van der Waals surface area (Å²) < 4.78 is 33.3. The molecule has 0 aliphatic carbocycles. The van der Waals surface area contributed by atoms with E-state index in [1.165, 1.54) is 29.1 Å². The maximum Gasteiger partial charge on any atom is 0.266 e. The molecule has 1 N–H and O–H groups in total. The lowest BCUT2D eigenvalue weighted by Gasteiger charge is -2.09. The molecule has 0 amide bonds. The minimum atomic E-state index is -3.72. The highest BCUT2D eigenvalue weighted by Crippen LogP contribution is 2.16. The molecule has 0 fully saturated rings. The number of aromatic nitrogens is 2. The normalized spacial score (nSPS) is 11.6. The van der Waals surface area contributed by atoms with Gasteiger partial charge in [0, 0.05) is 17.6 Å². The van der Waals surface area contributed by atoms with Crippen molar-refractivity contribution in [3.8, 4) is 11.5 Å². The van der Waals surface area contributed by atoms with Crippen LogP contribution in [0, 0.1) is 0 Å². The van der Waals surface area contributed by atoms with E-state index in [4.69, 9.17) is 16.0 Å². The van der Waals surface area contributed by atoms with Crippen LogP contribution in [-0.2, 0) is 16.6 Å². The fourth-order valence-electron chi connectivity index (χ4n) is 2.17. The maximum atomic E-state index is 12.2. The minimum Gasteiger partial charge on any atom is -0.463 e. The van der Waals surface area contributed by atoms with Gasteiger partial charge in [0.1, 0.15) is 5.69 Å². The van der Waals surface area contributed by atoms with Crippen LogP contribution >= 0.6 is 11.6 Å². The first kappa shape index (κ1) is 17.4. The van der Waals surface area contributed by atoms with E-state index >= 15 is 0 Å². The Hall–Kier alpha value is -2.42. The second kappa shape index (κ2) is 7.22. The quantitative estimate of drug-likeness (QED) is 0.708.